The standard InChI is InChI=1S/C17H30N4S/c1-4-15-7-8-16(22-15)12-20-17(18-3)19-9-11-21-10-5-6-14(2)13-21/h7-8,14H,4-6,9-13H2,1-3H3,(H2,18,19,20). The first-order chi connectivity index (χ1) is 10.7. The number of aryl methyl sites for hydroxylation is 1. The predicted molar refractivity (Wildman–Crippen MR) is 96.7 cm³/mol. The molecule has 0 spiro atoms. The molecule has 4 nitrogen and oxygen atoms in total. The predicted octanol–water partition coefficient (Wildman–Crippen LogP) is 2.71. The van der Waals surface area contributed by atoms with Crippen LogP contribution in [0, 0.1) is 5.92 Å². The molecular weight excluding hydrogens is 292 g/mol. The minimum absolute atomic E-state index is 0.845. The molecule has 0 saturated carbocycles. The van der Waals surface area contributed by atoms with E-state index in [9.17, 15) is 0 Å². The summed E-state index contributed by atoms with van der Waals surface area (Å²) in [6.45, 7) is 9.94. The number of aliphatic imine (C=N–C) groups is 1. The lowest BCUT2D eigenvalue weighted by molar-refractivity contribution is 0.187. The molecule has 1 aromatic heterocycles. The summed E-state index contributed by atoms with van der Waals surface area (Å²) in [5, 5.41) is 6.82. The highest BCUT2D eigenvalue weighted by atomic mass is 32.1. The van der Waals surface area contributed by atoms with Crippen LogP contribution in [0.4, 0.5) is 0 Å². The van der Waals surface area contributed by atoms with Gasteiger partial charge in [-0.05, 0) is 43.9 Å². The van der Waals surface area contributed by atoms with E-state index < -0.39 is 0 Å². The Hall–Kier alpha value is -1.07. The maximum atomic E-state index is 4.31. The normalized spacial score (nSPS) is 20.1. The molecule has 124 valence electrons. The van der Waals surface area contributed by atoms with Crippen molar-refractivity contribution < 1.29 is 0 Å². The molecule has 2 N–H and O–H groups in total. The topological polar surface area (TPSA) is 39.7 Å². The lowest BCUT2D eigenvalue weighted by Gasteiger charge is -2.30. The van der Waals surface area contributed by atoms with Gasteiger partial charge in [-0.2, -0.15) is 0 Å². The molecule has 0 aromatic carbocycles. The summed E-state index contributed by atoms with van der Waals surface area (Å²) in [6, 6.07) is 4.42. The van der Waals surface area contributed by atoms with Crippen molar-refractivity contribution in [2.45, 2.75) is 39.7 Å². The largest absolute Gasteiger partial charge is 0.355 e. The van der Waals surface area contributed by atoms with Gasteiger partial charge in [-0.3, -0.25) is 4.99 Å². The molecule has 1 aliphatic heterocycles. The van der Waals surface area contributed by atoms with Crippen molar-refractivity contribution in [1.29, 1.82) is 0 Å². The maximum Gasteiger partial charge on any atom is 0.191 e. The van der Waals surface area contributed by atoms with Crippen molar-refractivity contribution >= 4 is 17.3 Å². The Kier molecular flexibility index (Phi) is 7.19. The molecule has 2 heterocycles. The molecule has 2 rings (SSSR count). The molecule has 1 atom stereocenters. The van der Waals surface area contributed by atoms with Gasteiger partial charge in [-0.1, -0.05) is 13.8 Å². The highest BCUT2D eigenvalue weighted by molar-refractivity contribution is 7.11. The van der Waals surface area contributed by atoms with E-state index in [1.807, 2.05) is 18.4 Å². The van der Waals surface area contributed by atoms with E-state index in [1.54, 1.807) is 0 Å². The first-order valence-corrected chi connectivity index (χ1v) is 9.27. The number of likely N-dealkylation sites (tertiary alicyclic amines) is 1. The number of hydrogen-bond acceptors (Lipinski definition) is 3. The van der Waals surface area contributed by atoms with Gasteiger partial charge in [0.1, 0.15) is 0 Å². The molecule has 1 fully saturated rings. The Labute approximate surface area is 139 Å². The van der Waals surface area contributed by atoms with Gasteiger partial charge in [0.2, 0.25) is 0 Å². The second kappa shape index (κ2) is 9.16. The van der Waals surface area contributed by atoms with Crippen LogP contribution in [0.25, 0.3) is 0 Å². The molecule has 0 aliphatic carbocycles. The third kappa shape index (κ3) is 5.61. The molecule has 0 bridgehead atoms. The highest BCUT2D eigenvalue weighted by Crippen LogP contribution is 2.16. The minimum atomic E-state index is 0.845. The number of nitrogens with one attached hydrogen (secondary N) is 2. The number of hydrogen-bond donors (Lipinski definition) is 2. The SMILES string of the molecule is CCc1ccc(CNC(=NC)NCCN2CCCC(C)C2)s1. The van der Waals surface area contributed by atoms with Gasteiger partial charge in [0.15, 0.2) is 5.96 Å². The first-order valence-electron chi connectivity index (χ1n) is 8.45. The minimum Gasteiger partial charge on any atom is -0.355 e. The van der Waals surface area contributed by atoms with Gasteiger partial charge >= 0.3 is 0 Å². The molecule has 0 amide bonds. The van der Waals surface area contributed by atoms with Crippen LogP contribution >= 0.6 is 11.3 Å². The maximum absolute atomic E-state index is 4.31. The Morgan fingerprint density at radius 2 is 2.18 bits per heavy atom. The van der Waals surface area contributed by atoms with Crippen molar-refractivity contribution in [1.82, 2.24) is 15.5 Å². The summed E-state index contributed by atoms with van der Waals surface area (Å²) in [6.07, 6.45) is 3.84. The van der Waals surface area contributed by atoms with E-state index in [4.69, 9.17) is 0 Å². The van der Waals surface area contributed by atoms with Crippen molar-refractivity contribution in [3.63, 3.8) is 0 Å². The summed E-state index contributed by atoms with van der Waals surface area (Å²) < 4.78 is 0. The smallest absolute Gasteiger partial charge is 0.191 e. The lowest BCUT2D eigenvalue weighted by atomic mass is 10.0. The third-order valence-corrected chi connectivity index (χ3v) is 5.41. The van der Waals surface area contributed by atoms with E-state index in [0.29, 0.717) is 0 Å². The van der Waals surface area contributed by atoms with Gasteiger partial charge in [0, 0.05) is 36.4 Å². The van der Waals surface area contributed by atoms with Crippen molar-refractivity contribution in [3.05, 3.63) is 21.9 Å². The number of guanidine groups is 1. The van der Waals surface area contributed by atoms with Crippen LogP contribution in [0.1, 0.15) is 36.4 Å². The van der Waals surface area contributed by atoms with Crippen LogP contribution in [0.5, 0.6) is 0 Å². The number of rotatable bonds is 6. The van der Waals surface area contributed by atoms with E-state index >= 15 is 0 Å². The molecule has 1 aromatic rings. The average molecular weight is 323 g/mol. The number of nitrogens with zero attached hydrogens (tertiary/aromatic N) is 2. The van der Waals surface area contributed by atoms with Gasteiger partial charge < -0.3 is 15.5 Å². The zero-order valence-corrected chi connectivity index (χ0v) is 15.0. The Bertz CT molecular complexity index is 469. The monoisotopic (exact) mass is 322 g/mol. The quantitative estimate of drug-likeness (QED) is 0.625. The Balaban J connectivity index is 1.66. The zero-order valence-electron chi connectivity index (χ0n) is 14.2. The van der Waals surface area contributed by atoms with Gasteiger partial charge in [0.25, 0.3) is 0 Å². The second-order valence-corrected chi connectivity index (χ2v) is 7.38. The van der Waals surface area contributed by atoms with E-state index in [-0.39, 0.29) is 0 Å². The molecule has 1 aliphatic rings. The first kappa shape index (κ1) is 17.3. The van der Waals surface area contributed by atoms with Crippen LogP contribution in [0.2, 0.25) is 0 Å². The number of piperidine rings is 1. The van der Waals surface area contributed by atoms with Crippen LogP contribution in [0.3, 0.4) is 0 Å². The Morgan fingerprint density at radius 1 is 1.36 bits per heavy atom. The zero-order chi connectivity index (χ0) is 15.8. The molecule has 5 heteroatoms. The molecule has 1 unspecified atom stereocenters. The fourth-order valence-corrected chi connectivity index (χ4v) is 3.82. The lowest BCUT2D eigenvalue weighted by Crippen LogP contribution is -2.43. The summed E-state index contributed by atoms with van der Waals surface area (Å²) in [4.78, 5) is 9.67. The van der Waals surface area contributed by atoms with Crippen LogP contribution in [0.15, 0.2) is 17.1 Å². The van der Waals surface area contributed by atoms with Gasteiger partial charge in [-0.25, -0.2) is 0 Å². The average Bonchev–Trinajstić information content (AvgIpc) is 2.99. The molecular formula is C17H30N4S. The summed E-state index contributed by atoms with van der Waals surface area (Å²) >= 11 is 1.88. The van der Waals surface area contributed by atoms with Gasteiger partial charge in [-0.15, -0.1) is 11.3 Å². The molecule has 1 saturated heterocycles. The summed E-state index contributed by atoms with van der Waals surface area (Å²) in [5.74, 6) is 1.74. The molecule has 0 radical (unpaired) electrons. The van der Waals surface area contributed by atoms with Crippen molar-refractivity contribution in [3.8, 4) is 0 Å². The van der Waals surface area contributed by atoms with Gasteiger partial charge in [0.05, 0.1) is 6.54 Å². The number of thiophene rings is 1. The second-order valence-electron chi connectivity index (χ2n) is 6.12. The van der Waals surface area contributed by atoms with E-state index in [1.165, 1.54) is 35.7 Å². The van der Waals surface area contributed by atoms with Crippen LogP contribution in [-0.2, 0) is 13.0 Å². The van der Waals surface area contributed by atoms with Crippen molar-refractivity contribution in [2.75, 3.05) is 33.2 Å². The van der Waals surface area contributed by atoms with E-state index in [0.717, 1.165) is 37.9 Å². The fraction of sp³-hybridized carbons (Fsp3) is 0.706. The van der Waals surface area contributed by atoms with E-state index in [2.05, 4.69) is 46.5 Å². The summed E-state index contributed by atoms with van der Waals surface area (Å²) in [5.41, 5.74) is 0. The third-order valence-electron chi connectivity index (χ3n) is 4.18. The summed E-state index contributed by atoms with van der Waals surface area (Å²) in [7, 11) is 1.84. The van der Waals surface area contributed by atoms with Crippen LogP contribution < -0.4 is 10.6 Å². The van der Waals surface area contributed by atoms with Crippen molar-refractivity contribution in [2.24, 2.45) is 10.9 Å². The molecule has 22 heavy (non-hydrogen) atoms. The fourth-order valence-electron chi connectivity index (χ4n) is 2.92. The Morgan fingerprint density at radius 3 is 2.86 bits per heavy atom. The highest BCUT2D eigenvalue weighted by Gasteiger charge is 2.15. The van der Waals surface area contributed by atoms with Crippen LogP contribution in [-0.4, -0.2) is 44.1 Å².